The summed E-state index contributed by atoms with van der Waals surface area (Å²) in [5, 5.41) is 2.54. The molecule has 1 atom stereocenters. The Morgan fingerprint density at radius 1 is 1.12 bits per heavy atom. The van der Waals surface area contributed by atoms with E-state index in [4.69, 9.17) is 21.1 Å². The number of rotatable bonds is 8. The van der Waals surface area contributed by atoms with Crippen LogP contribution < -0.4 is 14.8 Å². The van der Waals surface area contributed by atoms with Gasteiger partial charge in [0, 0.05) is 13.2 Å². The van der Waals surface area contributed by atoms with Crippen LogP contribution in [0, 0.1) is 0 Å². The first-order chi connectivity index (χ1) is 15.5. The van der Waals surface area contributed by atoms with E-state index in [1.807, 2.05) is 0 Å². The van der Waals surface area contributed by atoms with Gasteiger partial charge in [-0.05, 0) is 36.8 Å². The molecule has 0 fully saturated rings. The second-order valence-electron chi connectivity index (χ2n) is 7.46. The Labute approximate surface area is 196 Å². The lowest BCUT2D eigenvalue weighted by Crippen LogP contribution is -2.37. The number of imide groups is 1. The van der Waals surface area contributed by atoms with Crippen LogP contribution in [-0.4, -0.2) is 56.8 Å². The number of halogens is 1. The van der Waals surface area contributed by atoms with Crippen LogP contribution in [0.3, 0.4) is 0 Å². The number of anilines is 1. The van der Waals surface area contributed by atoms with Gasteiger partial charge >= 0.3 is 0 Å². The van der Waals surface area contributed by atoms with E-state index in [2.05, 4.69) is 5.32 Å². The first kappa shape index (κ1) is 24.5. The molecule has 2 aromatic rings. The smallest absolute Gasteiger partial charge is 0.264 e. The zero-order valence-corrected chi connectivity index (χ0v) is 20.0. The summed E-state index contributed by atoms with van der Waals surface area (Å²) in [5.74, 6) is -1.73. The predicted molar refractivity (Wildman–Crippen MR) is 123 cm³/mol. The molecule has 33 heavy (non-hydrogen) atoms. The average Bonchev–Trinajstić information content (AvgIpc) is 2.99. The Morgan fingerprint density at radius 3 is 2.36 bits per heavy atom. The summed E-state index contributed by atoms with van der Waals surface area (Å²) in [7, 11) is -2.18. The van der Waals surface area contributed by atoms with Gasteiger partial charge in [-0.2, -0.15) is 0 Å². The SMILES string of the molecule is CCOc1cc([C@@H](CS(C)(=O)=O)N2C(=O)c3c(Cl)ccc(NC(C)=O)c3C2=O)ccc1OC. The highest BCUT2D eigenvalue weighted by Crippen LogP contribution is 2.40. The maximum absolute atomic E-state index is 13.4. The fourth-order valence-corrected chi connectivity index (χ4v) is 4.85. The zero-order chi connectivity index (χ0) is 24.5. The van der Waals surface area contributed by atoms with Gasteiger partial charge in [0.15, 0.2) is 11.5 Å². The van der Waals surface area contributed by atoms with Crippen molar-refractivity contribution < 1.29 is 32.3 Å². The van der Waals surface area contributed by atoms with Crippen molar-refractivity contribution in [2.24, 2.45) is 0 Å². The van der Waals surface area contributed by atoms with E-state index >= 15 is 0 Å². The van der Waals surface area contributed by atoms with Gasteiger partial charge in [-0.25, -0.2) is 8.42 Å². The number of hydrogen-bond acceptors (Lipinski definition) is 7. The van der Waals surface area contributed by atoms with Crippen molar-refractivity contribution in [1.82, 2.24) is 4.90 Å². The van der Waals surface area contributed by atoms with E-state index in [0.717, 1.165) is 11.2 Å². The van der Waals surface area contributed by atoms with Crippen LogP contribution in [0.2, 0.25) is 5.02 Å². The number of carbonyl (C=O) groups excluding carboxylic acids is 3. The van der Waals surface area contributed by atoms with Gasteiger partial charge in [0.25, 0.3) is 11.8 Å². The Morgan fingerprint density at radius 2 is 1.79 bits per heavy atom. The van der Waals surface area contributed by atoms with Crippen molar-refractivity contribution in [3.8, 4) is 11.5 Å². The third kappa shape index (κ3) is 4.96. The van der Waals surface area contributed by atoms with Crippen LogP contribution in [0.5, 0.6) is 11.5 Å². The van der Waals surface area contributed by atoms with Gasteiger partial charge in [0.2, 0.25) is 5.91 Å². The molecule has 1 aliphatic heterocycles. The van der Waals surface area contributed by atoms with Gasteiger partial charge in [-0.3, -0.25) is 19.3 Å². The van der Waals surface area contributed by atoms with Crippen molar-refractivity contribution in [2.75, 3.05) is 31.0 Å². The summed E-state index contributed by atoms with van der Waals surface area (Å²) < 4.78 is 35.4. The minimum Gasteiger partial charge on any atom is -0.493 e. The number of methoxy groups -OCH3 is 1. The molecule has 0 bridgehead atoms. The molecule has 1 heterocycles. The topological polar surface area (TPSA) is 119 Å². The molecule has 11 heteroatoms. The lowest BCUT2D eigenvalue weighted by molar-refractivity contribution is -0.114. The summed E-state index contributed by atoms with van der Waals surface area (Å²) in [5.41, 5.74) is 0.298. The molecule has 3 rings (SSSR count). The maximum Gasteiger partial charge on any atom is 0.264 e. The van der Waals surface area contributed by atoms with Crippen molar-refractivity contribution in [2.45, 2.75) is 19.9 Å². The fraction of sp³-hybridized carbons (Fsp3) is 0.318. The summed E-state index contributed by atoms with van der Waals surface area (Å²) >= 11 is 6.23. The standard InChI is InChI=1S/C22H23ClN2O7S/c1-5-32-18-10-13(6-9-17(18)31-3)16(11-33(4,29)30)25-21(27)19-14(23)7-8-15(24-12(2)26)20(19)22(25)28/h6-10,16H,5,11H2,1-4H3,(H,24,26)/t16-/m1/s1. The Bertz CT molecular complexity index is 1240. The zero-order valence-electron chi connectivity index (χ0n) is 18.5. The monoisotopic (exact) mass is 494 g/mol. The molecule has 2 aromatic carbocycles. The number of amides is 3. The lowest BCUT2D eigenvalue weighted by atomic mass is 10.1. The Hall–Kier alpha value is -3.11. The van der Waals surface area contributed by atoms with Crippen molar-refractivity contribution >= 4 is 44.8 Å². The fourth-order valence-electron chi connectivity index (χ4n) is 3.69. The minimum absolute atomic E-state index is 0.0165. The van der Waals surface area contributed by atoms with Gasteiger partial charge in [0.1, 0.15) is 9.84 Å². The molecule has 0 spiro atoms. The third-order valence-corrected chi connectivity index (χ3v) is 6.21. The van der Waals surface area contributed by atoms with E-state index in [1.54, 1.807) is 19.1 Å². The first-order valence-corrected chi connectivity index (χ1v) is 12.4. The maximum atomic E-state index is 13.4. The van der Waals surface area contributed by atoms with Gasteiger partial charge < -0.3 is 14.8 Å². The molecule has 1 N–H and O–H groups in total. The van der Waals surface area contributed by atoms with Crippen LogP contribution in [-0.2, 0) is 14.6 Å². The van der Waals surface area contributed by atoms with Gasteiger partial charge in [-0.1, -0.05) is 17.7 Å². The van der Waals surface area contributed by atoms with Crippen LogP contribution in [0.15, 0.2) is 30.3 Å². The molecule has 1 aliphatic rings. The Balaban J connectivity index is 2.17. The molecule has 0 aromatic heterocycles. The molecular weight excluding hydrogens is 472 g/mol. The number of nitrogens with one attached hydrogen (secondary N) is 1. The second-order valence-corrected chi connectivity index (χ2v) is 10.1. The summed E-state index contributed by atoms with van der Waals surface area (Å²) in [6, 6.07) is 6.33. The number of carbonyl (C=O) groups is 3. The molecule has 9 nitrogen and oxygen atoms in total. The van der Waals surface area contributed by atoms with Crippen molar-refractivity contribution in [3.05, 3.63) is 52.0 Å². The van der Waals surface area contributed by atoms with Crippen molar-refractivity contribution in [1.29, 1.82) is 0 Å². The number of nitrogens with zero attached hydrogens (tertiary/aromatic N) is 1. The summed E-state index contributed by atoms with van der Waals surface area (Å²) in [6.07, 6.45) is 1.01. The summed E-state index contributed by atoms with van der Waals surface area (Å²) in [6.45, 7) is 3.36. The second kappa shape index (κ2) is 9.40. The highest BCUT2D eigenvalue weighted by Gasteiger charge is 2.44. The molecule has 0 saturated heterocycles. The number of fused-ring (bicyclic) bond motifs is 1. The molecule has 0 aliphatic carbocycles. The van der Waals surface area contributed by atoms with Crippen molar-refractivity contribution in [3.63, 3.8) is 0 Å². The quantitative estimate of drug-likeness (QED) is 0.560. The number of hydrogen-bond donors (Lipinski definition) is 1. The van der Waals surface area contributed by atoms with Crippen LogP contribution >= 0.6 is 11.6 Å². The number of sulfone groups is 1. The molecule has 3 amide bonds. The van der Waals surface area contributed by atoms with E-state index in [9.17, 15) is 22.8 Å². The van der Waals surface area contributed by atoms with Crippen LogP contribution in [0.1, 0.15) is 46.2 Å². The highest BCUT2D eigenvalue weighted by atomic mass is 35.5. The first-order valence-electron chi connectivity index (χ1n) is 9.94. The largest absolute Gasteiger partial charge is 0.493 e. The van der Waals surface area contributed by atoms with Gasteiger partial charge in [0.05, 0.1) is 47.3 Å². The molecule has 176 valence electrons. The third-order valence-electron chi connectivity index (χ3n) is 4.98. The Kier molecular flexibility index (Phi) is 6.99. The summed E-state index contributed by atoms with van der Waals surface area (Å²) in [4.78, 5) is 39.3. The highest BCUT2D eigenvalue weighted by molar-refractivity contribution is 7.90. The molecule has 0 radical (unpaired) electrons. The minimum atomic E-state index is -3.64. The van der Waals surface area contributed by atoms with E-state index < -0.39 is 39.4 Å². The molecular formula is C22H23ClN2O7S. The van der Waals surface area contributed by atoms with E-state index in [1.165, 1.54) is 32.2 Å². The van der Waals surface area contributed by atoms with E-state index in [0.29, 0.717) is 23.7 Å². The van der Waals surface area contributed by atoms with E-state index in [-0.39, 0.29) is 21.8 Å². The average molecular weight is 495 g/mol. The normalized spacial score (nSPS) is 14.2. The van der Waals surface area contributed by atoms with Gasteiger partial charge in [-0.15, -0.1) is 0 Å². The van der Waals surface area contributed by atoms with Crippen LogP contribution in [0.25, 0.3) is 0 Å². The van der Waals surface area contributed by atoms with Crippen LogP contribution in [0.4, 0.5) is 5.69 Å². The molecule has 0 unspecified atom stereocenters. The predicted octanol–water partition coefficient (Wildman–Crippen LogP) is 3.09. The number of benzene rings is 2. The number of ether oxygens (including phenoxy) is 2. The molecule has 0 saturated carbocycles. The lowest BCUT2D eigenvalue weighted by Gasteiger charge is -2.27.